The quantitative estimate of drug-likeness (QED) is 0.0873. The Morgan fingerprint density at radius 3 is 1.52 bits per heavy atom. The van der Waals surface area contributed by atoms with Crippen molar-refractivity contribution in [3.8, 4) is 5.75 Å². The number of carbonyl (C=O) groups is 1. The molecule has 1 aromatic carbocycles. The number of unbranched alkanes of at least 4 members (excludes halogenated alkanes) is 1. The number of rotatable bonds is 14. The van der Waals surface area contributed by atoms with Crippen LogP contribution in [-0.2, 0) is 9.53 Å². The molecule has 0 heterocycles. The number of ether oxygens (including phenoxy) is 2. The fraction of sp³-hybridized carbons (Fsp3) is 0.591. The minimum atomic E-state index is -8.42. The van der Waals surface area contributed by atoms with E-state index in [1.165, 1.54) is 19.2 Å². The maximum Gasteiger partial charge on any atom is 0.473 e. The molecule has 0 spiro atoms. The van der Waals surface area contributed by atoms with E-state index >= 15 is 0 Å². The van der Waals surface area contributed by atoms with Gasteiger partial charge >= 0.3 is 53.8 Å². The van der Waals surface area contributed by atoms with Gasteiger partial charge in [-0.2, -0.15) is 74.6 Å². The number of benzene rings is 1. The first-order valence-electron chi connectivity index (χ1n) is 10.9. The molecule has 0 atom stereocenters. The molecule has 3 nitrogen and oxygen atoms in total. The van der Waals surface area contributed by atoms with Gasteiger partial charge in [-0.3, -0.25) is 0 Å². The van der Waals surface area contributed by atoms with E-state index in [2.05, 4.69) is 4.74 Å². The normalized spacial score (nSPS) is 14.8. The van der Waals surface area contributed by atoms with Gasteiger partial charge in [0.1, 0.15) is 5.75 Å². The molecule has 0 bridgehead atoms. The fourth-order valence-corrected chi connectivity index (χ4v) is 2.94. The Balaban J connectivity index is 3.26. The maximum absolute atomic E-state index is 13.9. The van der Waals surface area contributed by atoms with Crippen LogP contribution in [0.3, 0.4) is 0 Å². The van der Waals surface area contributed by atoms with Crippen molar-refractivity contribution in [3.05, 3.63) is 35.9 Å². The Morgan fingerprint density at radius 1 is 0.643 bits per heavy atom. The lowest BCUT2D eigenvalue weighted by Crippen LogP contribution is -2.73. The zero-order valence-electron chi connectivity index (χ0n) is 20.4. The lowest BCUT2D eigenvalue weighted by molar-refractivity contribution is -0.460. The second kappa shape index (κ2) is 12.0. The summed E-state index contributed by atoms with van der Waals surface area (Å²) in [7, 11) is 1.22. The van der Waals surface area contributed by atoms with Gasteiger partial charge < -0.3 is 9.47 Å². The van der Waals surface area contributed by atoms with Crippen molar-refractivity contribution in [1.82, 2.24) is 0 Å². The third kappa shape index (κ3) is 7.15. The third-order valence-corrected chi connectivity index (χ3v) is 5.36. The zero-order chi connectivity index (χ0) is 33.2. The van der Waals surface area contributed by atoms with Crippen LogP contribution in [0.5, 0.6) is 5.75 Å². The van der Waals surface area contributed by atoms with Gasteiger partial charge in [0, 0.05) is 18.9 Å². The van der Waals surface area contributed by atoms with Crippen LogP contribution in [0, 0.1) is 0 Å². The van der Waals surface area contributed by atoms with Gasteiger partial charge in [0.2, 0.25) is 0 Å². The Labute approximate surface area is 224 Å². The number of esters is 1. The van der Waals surface area contributed by atoms with E-state index in [1.54, 1.807) is 0 Å². The number of alkyl halides is 17. The van der Waals surface area contributed by atoms with Crippen molar-refractivity contribution in [1.29, 1.82) is 0 Å². The molecule has 0 saturated heterocycles. The Bertz CT molecular complexity index is 1090. The lowest BCUT2D eigenvalue weighted by atomic mass is 9.89. The van der Waals surface area contributed by atoms with Crippen LogP contribution in [0.1, 0.15) is 31.2 Å². The molecule has 42 heavy (non-hydrogen) atoms. The van der Waals surface area contributed by atoms with E-state index in [-0.39, 0.29) is 17.4 Å². The zero-order valence-corrected chi connectivity index (χ0v) is 20.4. The first kappa shape index (κ1) is 37.1. The molecule has 0 amide bonds. The predicted molar refractivity (Wildman–Crippen MR) is 107 cm³/mol. The minimum Gasteiger partial charge on any atom is -0.497 e. The second-order valence-corrected chi connectivity index (χ2v) is 8.44. The van der Waals surface area contributed by atoms with Gasteiger partial charge in [-0.25, -0.2) is 4.79 Å². The van der Waals surface area contributed by atoms with Gasteiger partial charge in [0.05, 0.1) is 7.11 Å². The highest BCUT2D eigenvalue weighted by Gasteiger charge is 2.93. The van der Waals surface area contributed by atoms with Crippen molar-refractivity contribution < 1.29 is 88.9 Å². The highest BCUT2D eigenvalue weighted by atomic mass is 19.4. The standard InChI is InChI=1S/C22H17F17O3/c1-41-13-7-4-12(5-8-13)6-9-14(40)42-22(38,39)21(36,37)20(34,35)19(32,33)18(30,31)17(28,29)15(23,24)10-2-3-11-16(25,26)27/h4-9H,2-3,10-11H2,1H3. The van der Waals surface area contributed by atoms with Gasteiger partial charge in [-0.05, 0) is 36.6 Å². The molecule has 20 heteroatoms. The maximum atomic E-state index is 13.9. The monoisotopic (exact) mass is 652 g/mol. The molecular formula is C22H17F17O3. The smallest absolute Gasteiger partial charge is 0.473 e. The number of hydrogen-bond acceptors (Lipinski definition) is 3. The van der Waals surface area contributed by atoms with Crippen molar-refractivity contribution in [2.45, 2.75) is 73.5 Å². The molecule has 1 rings (SSSR count). The fourth-order valence-electron chi connectivity index (χ4n) is 2.94. The van der Waals surface area contributed by atoms with Crippen LogP contribution in [0.2, 0.25) is 0 Å². The van der Waals surface area contributed by atoms with E-state index in [0.717, 1.165) is 12.1 Å². The van der Waals surface area contributed by atoms with Crippen LogP contribution in [0.25, 0.3) is 6.08 Å². The molecule has 0 radical (unpaired) electrons. The molecule has 0 aliphatic carbocycles. The summed E-state index contributed by atoms with van der Waals surface area (Å²) in [6.45, 7) is 0. The summed E-state index contributed by atoms with van der Waals surface area (Å²) in [5.74, 6) is -49.7. The largest absolute Gasteiger partial charge is 0.497 e. The van der Waals surface area contributed by atoms with Gasteiger partial charge in [0.15, 0.2) is 0 Å². The molecule has 0 fully saturated rings. The van der Waals surface area contributed by atoms with Crippen LogP contribution < -0.4 is 4.74 Å². The summed E-state index contributed by atoms with van der Waals surface area (Å²) in [6, 6.07) is 4.63. The second-order valence-electron chi connectivity index (χ2n) is 8.44. The molecule has 242 valence electrons. The highest BCUT2D eigenvalue weighted by molar-refractivity contribution is 5.87. The SMILES string of the molecule is COc1ccc(C=CC(=O)OC(F)(F)C(F)(F)C(F)(F)C(F)(F)C(F)(F)C(F)(F)C(F)(F)CCCCC(F)(F)F)cc1. The highest BCUT2D eigenvalue weighted by Crippen LogP contribution is 2.62. The molecule has 0 aliphatic rings. The molecular weight excluding hydrogens is 635 g/mol. The molecule has 0 unspecified atom stereocenters. The first-order valence-corrected chi connectivity index (χ1v) is 10.9. The predicted octanol–water partition coefficient (Wildman–Crippen LogP) is 8.78. The summed E-state index contributed by atoms with van der Waals surface area (Å²) in [5, 5.41) is 0. The molecule has 0 aliphatic heterocycles. The van der Waals surface area contributed by atoms with Crippen molar-refractivity contribution in [2.75, 3.05) is 7.11 Å². The number of methoxy groups -OCH3 is 1. The Morgan fingerprint density at radius 2 is 1.07 bits per heavy atom. The van der Waals surface area contributed by atoms with Gasteiger partial charge in [-0.1, -0.05) is 12.1 Å². The summed E-state index contributed by atoms with van der Waals surface area (Å²) < 4.78 is 237. The van der Waals surface area contributed by atoms with E-state index in [9.17, 15) is 79.4 Å². The Kier molecular flexibility index (Phi) is 10.6. The summed E-state index contributed by atoms with van der Waals surface area (Å²) in [5.41, 5.74) is -0.0825. The van der Waals surface area contributed by atoms with Crippen LogP contribution in [0.4, 0.5) is 74.6 Å². The van der Waals surface area contributed by atoms with Crippen molar-refractivity contribution >= 4 is 12.0 Å². The topological polar surface area (TPSA) is 35.5 Å². The number of carbonyl (C=O) groups excluding carboxylic acids is 1. The molecule has 0 N–H and O–H groups in total. The minimum absolute atomic E-state index is 0.0825. The van der Waals surface area contributed by atoms with E-state index < -0.39 is 79.5 Å². The third-order valence-electron chi connectivity index (χ3n) is 5.36. The average molecular weight is 652 g/mol. The van der Waals surface area contributed by atoms with Gasteiger partial charge in [-0.15, -0.1) is 0 Å². The molecule has 1 aromatic rings. The lowest BCUT2D eigenvalue weighted by Gasteiger charge is -2.42. The van der Waals surface area contributed by atoms with Crippen molar-refractivity contribution in [2.24, 2.45) is 0 Å². The Hall–Kier alpha value is -2.96. The first-order chi connectivity index (χ1) is 18.6. The summed E-state index contributed by atoms with van der Waals surface area (Å²) >= 11 is 0. The van der Waals surface area contributed by atoms with Gasteiger partial charge in [0.25, 0.3) is 0 Å². The molecule has 0 aromatic heterocycles. The number of hydrogen-bond donors (Lipinski definition) is 0. The van der Waals surface area contributed by atoms with E-state index in [0.29, 0.717) is 6.08 Å². The van der Waals surface area contributed by atoms with Crippen LogP contribution in [0.15, 0.2) is 30.3 Å². The average Bonchev–Trinajstić information content (AvgIpc) is 2.84. The van der Waals surface area contributed by atoms with Crippen LogP contribution >= 0.6 is 0 Å². The summed E-state index contributed by atoms with van der Waals surface area (Å²) in [6.07, 6.45) is -19.7. The van der Waals surface area contributed by atoms with E-state index in [4.69, 9.17) is 4.74 Å². The van der Waals surface area contributed by atoms with E-state index in [1.807, 2.05) is 0 Å². The molecule has 0 saturated carbocycles. The summed E-state index contributed by atoms with van der Waals surface area (Å²) in [4.78, 5) is 11.4. The van der Waals surface area contributed by atoms with Crippen molar-refractivity contribution in [3.63, 3.8) is 0 Å². The van der Waals surface area contributed by atoms with Crippen LogP contribution in [-0.4, -0.2) is 60.9 Å². The number of halogens is 17.